The van der Waals surface area contributed by atoms with E-state index < -0.39 is 50.5 Å². The van der Waals surface area contributed by atoms with Gasteiger partial charge >= 0.3 is 0 Å². The van der Waals surface area contributed by atoms with Gasteiger partial charge in [-0.3, -0.25) is 4.98 Å². The molecule has 1 N–H and O–H groups in total. The molecule has 0 bridgehead atoms. The third-order valence-electron chi connectivity index (χ3n) is 5.42. The molecule has 4 nitrogen and oxygen atoms in total. The van der Waals surface area contributed by atoms with E-state index in [0.717, 1.165) is 22.3 Å². The third kappa shape index (κ3) is 4.14. The Kier molecular flexibility index (Phi) is 6.13. The Morgan fingerprint density at radius 1 is 0.824 bits per heavy atom. The number of hydrogen-bond donors (Lipinski definition) is 1. The largest absolute Gasteiger partial charge is 0.256 e. The van der Waals surface area contributed by atoms with Crippen LogP contribution in [0.5, 0.6) is 0 Å². The lowest BCUT2D eigenvalue weighted by Crippen LogP contribution is -2.26. The van der Waals surface area contributed by atoms with E-state index in [1.165, 1.54) is 6.20 Å². The Hall–Kier alpha value is -3.37. The van der Waals surface area contributed by atoms with Crippen LogP contribution in [0.1, 0.15) is 16.7 Å². The summed E-state index contributed by atoms with van der Waals surface area (Å²) < 4.78 is 94.4. The summed E-state index contributed by atoms with van der Waals surface area (Å²) in [4.78, 5) is 2.39. The summed E-state index contributed by atoms with van der Waals surface area (Å²) in [5.74, 6) is -12.0. The number of benzene rings is 3. The van der Waals surface area contributed by atoms with Crippen molar-refractivity contribution in [2.75, 3.05) is 0 Å². The van der Waals surface area contributed by atoms with E-state index in [4.69, 9.17) is 0 Å². The predicted molar refractivity (Wildman–Crippen MR) is 117 cm³/mol. The molecule has 0 fully saturated rings. The smallest absolute Gasteiger partial charge is 0.246 e. The van der Waals surface area contributed by atoms with Crippen LogP contribution in [0.2, 0.25) is 0 Å². The molecule has 0 radical (unpaired) electrons. The molecule has 4 aromatic rings. The molecule has 10 heteroatoms. The molecule has 1 aromatic heterocycles. The quantitative estimate of drug-likeness (QED) is 0.221. The zero-order chi connectivity index (χ0) is 24.8. The highest BCUT2D eigenvalue weighted by Crippen LogP contribution is 2.30. The second-order valence-electron chi connectivity index (χ2n) is 7.74. The van der Waals surface area contributed by atoms with E-state index in [9.17, 15) is 30.4 Å². The van der Waals surface area contributed by atoms with E-state index in [1.807, 2.05) is 48.9 Å². The van der Waals surface area contributed by atoms with Crippen molar-refractivity contribution in [2.45, 2.75) is 25.3 Å². The summed E-state index contributed by atoms with van der Waals surface area (Å²) >= 11 is 0. The zero-order valence-electron chi connectivity index (χ0n) is 17.9. The SMILES string of the molecule is Cc1cccc(C)c1-c1ccc2cc(CNS(=O)(=O)c3c(F)c(F)c(F)c(F)c3F)cnc2c1. The normalized spacial score (nSPS) is 11.9. The number of halogens is 5. The number of fused-ring (bicyclic) bond motifs is 1. The maximum atomic E-state index is 13.9. The second-order valence-corrected chi connectivity index (χ2v) is 9.45. The van der Waals surface area contributed by atoms with Gasteiger partial charge in [0.1, 0.15) is 0 Å². The van der Waals surface area contributed by atoms with E-state index in [-0.39, 0.29) is 0 Å². The Morgan fingerprint density at radius 2 is 1.41 bits per heavy atom. The maximum absolute atomic E-state index is 13.9. The molecule has 0 atom stereocenters. The van der Waals surface area contributed by atoms with Crippen LogP contribution in [0.25, 0.3) is 22.0 Å². The summed E-state index contributed by atoms with van der Waals surface area (Å²) in [6.45, 7) is 3.52. The van der Waals surface area contributed by atoms with Crippen molar-refractivity contribution in [2.24, 2.45) is 0 Å². The van der Waals surface area contributed by atoms with Crippen molar-refractivity contribution in [3.63, 3.8) is 0 Å². The molecule has 176 valence electrons. The minimum Gasteiger partial charge on any atom is -0.256 e. The summed E-state index contributed by atoms with van der Waals surface area (Å²) in [5.41, 5.74) is 5.17. The number of nitrogens with one attached hydrogen (secondary N) is 1. The van der Waals surface area contributed by atoms with E-state index >= 15 is 0 Å². The minimum absolute atomic E-state index is 0.319. The molecule has 34 heavy (non-hydrogen) atoms. The van der Waals surface area contributed by atoms with Crippen LogP contribution in [-0.4, -0.2) is 13.4 Å². The Labute approximate surface area is 192 Å². The number of nitrogens with zero attached hydrogens (tertiary/aromatic N) is 1. The lowest BCUT2D eigenvalue weighted by atomic mass is 9.95. The molecule has 3 aromatic carbocycles. The van der Waals surface area contributed by atoms with Gasteiger partial charge in [-0.25, -0.2) is 35.1 Å². The van der Waals surface area contributed by atoms with Crippen molar-refractivity contribution < 1.29 is 30.4 Å². The van der Waals surface area contributed by atoms with Crippen LogP contribution in [-0.2, 0) is 16.6 Å². The van der Waals surface area contributed by atoms with E-state index in [2.05, 4.69) is 4.98 Å². The van der Waals surface area contributed by atoms with Crippen LogP contribution in [0.15, 0.2) is 53.6 Å². The van der Waals surface area contributed by atoms with Crippen LogP contribution in [0.3, 0.4) is 0 Å². The Balaban J connectivity index is 1.63. The first-order valence-electron chi connectivity index (χ1n) is 9.97. The second kappa shape index (κ2) is 8.77. The number of sulfonamides is 1. The van der Waals surface area contributed by atoms with Gasteiger partial charge in [0.2, 0.25) is 15.8 Å². The fourth-order valence-corrected chi connectivity index (χ4v) is 4.91. The first kappa shape index (κ1) is 23.8. The molecule has 0 aliphatic rings. The van der Waals surface area contributed by atoms with Crippen molar-refractivity contribution in [3.8, 4) is 11.1 Å². The number of aryl methyl sites for hydroxylation is 2. The van der Waals surface area contributed by atoms with Gasteiger partial charge in [-0.15, -0.1) is 0 Å². The van der Waals surface area contributed by atoms with Gasteiger partial charge in [0.15, 0.2) is 28.2 Å². The molecule has 0 amide bonds. The van der Waals surface area contributed by atoms with Gasteiger partial charge in [0.25, 0.3) is 0 Å². The summed E-state index contributed by atoms with van der Waals surface area (Å²) in [5, 5.41) is 0.669. The lowest BCUT2D eigenvalue weighted by molar-refractivity contribution is 0.357. The molecule has 0 unspecified atom stereocenters. The molecular weight excluding hydrogens is 475 g/mol. The molecule has 0 saturated carbocycles. The third-order valence-corrected chi connectivity index (χ3v) is 6.84. The zero-order valence-corrected chi connectivity index (χ0v) is 18.7. The van der Waals surface area contributed by atoms with Crippen molar-refractivity contribution in [3.05, 3.63) is 94.4 Å². The lowest BCUT2D eigenvalue weighted by Gasteiger charge is -2.12. The first-order valence-corrected chi connectivity index (χ1v) is 11.5. The highest BCUT2D eigenvalue weighted by atomic mass is 32.2. The summed E-state index contributed by atoms with van der Waals surface area (Å²) in [6.07, 6.45) is 1.36. The first-order chi connectivity index (χ1) is 16.0. The predicted octanol–water partition coefficient (Wildman–Crippen LogP) is 5.69. The van der Waals surface area contributed by atoms with E-state index in [0.29, 0.717) is 16.5 Å². The maximum Gasteiger partial charge on any atom is 0.246 e. The van der Waals surface area contributed by atoms with Gasteiger partial charge in [0.05, 0.1) is 5.52 Å². The molecule has 0 saturated heterocycles. The summed E-state index contributed by atoms with van der Waals surface area (Å²) in [7, 11) is -5.06. The number of pyridine rings is 1. The molecule has 4 rings (SSSR count). The fraction of sp³-hybridized carbons (Fsp3) is 0.125. The van der Waals surface area contributed by atoms with Gasteiger partial charge in [-0.2, -0.15) is 0 Å². The molecule has 0 spiro atoms. The van der Waals surface area contributed by atoms with Gasteiger partial charge in [-0.05, 0) is 53.8 Å². The van der Waals surface area contributed by atoms with Crippen molar-refractivity contribution >= 4 is 20.9 Å². The van der Waals surface area contributed by atoms with Gasteiger partial charge < -0.3 is 0 Å². The van der Waals surface area contributed by atoms with Crippen molar-refractivity contribution in [1.29, 1.82) is 0 Å². The molecule has 0 aliphatic carbocycles. The topological polar surface area (TPSA) is 59.1 Å². The van der Waals surface area contributed by atoms with E-state index in [1.54, 1.807) is 12.1 Å². The average Bonchev–Trinajstić information content (AvgIpc) is 2.80. The van der Waals surface area contributed by atoms with Crippen molar-refractivity contribution in [1.82, 2.24) is 9.71 Å². The average molecular weight is 492 g/mol. The number of rotatable bonds is 5. The molecular formula is C24H17F5N2O2S. The minimum atomic E-state index is -5.06. The van der Waals surface area contributed by atoms with Crippen LogP contribution in [0, 0.1) is 42.9 Å². The summed E-state index contributed by atoms with van der Waals surface area (Å²) in [6, 6.07) is 13.1. The standard InChI is InChI=1S/C24H17F5N2O2S/c1-12-4-3-5-13(2)18(12)16-7-6-15-8-14(10-30-17(15)9-16)11-31-34(32,33)24-22(28)20(26)19(25)21(27)23(24)29/h3-10,31H,11H2,1-2H3. The number of aromatic nitrogens is 1. The monoisotopic (exact) mass is 492 g/mol. The van der Waals surface area contributed by atoms with Crippen LogP contribution in [0.4, 0.5) is 22.0 Å². The molecule has 0 aliphatic heterocycles. The van der Waals surface area contributed by atoms with Crippen LogP contribution < -0.4 is 4.72 Å². The van der Waals surface area contributed by atoms with Crippen LogP contribution >= 0.6 is 0 Å². The number of hydrogen-bond acceptors (Lipinski definition) is 3. The Bertz CT molecular complexity index is 1510. The fourth-order valence-electron chi connectivity index (χ4n) is 3.76. The highest BCUT2D eigenvalue weighted by molar-refractivity contribution is 7.89. The molecule has 1 heterocycles. The highest BCUT2D eigenvalue weighted by Gasteiger charge is 2.33. The van der Waals surface area contributed by atoms with Gasteiger partial charge in [-0.1, -0.05) is 30.3 Å². The Morgan fingerprint density at radius 3 is 2.03 bits per heavy atom. The van der Waals surface area contributed by atoms with Gasteiger partial charge in [0, 0.05) is 18.1 Å².